The summed E-state index contributed by atoms with van der Waals surface area (Å²) in [4.78, 5) is 0. The van der Waals surface area contributed by atoms with Gasteiger partial charge < -0.3 is 10.1 Å². The Bertz CT molecular complexity index is 496. The molecule has 0 spiro atoms. The van der Waals surface area contributed by atoms with Gasteiger partial charge in [-0.05, 0) is 47.0 Å². The van der Waals surface area contributed by atoms with Crippen molar-refractivity contribution < 1.29 is 4.74 Å². The van der Waals surface area contributed by atoms with Gasteiger partial charge in [0.25, 0.3) is 0 Å². The van der Waals surface area contributed by atoms with Crippen molar-refractivity contribution in [3.05, 3.63) is 44.6 Å². The van der Waals surface area contributed by atoms with Crippen LogP contribution >= 0.6 is 27.3 Å². The Hall–Kier alpha value is -1.00. The molecule has 2 aromatic rings. The van der Waals surface area contributed by atoms with Crippen molar-refractivity contribution >= 4 is 33.0 Å². The SMILES string of the molecule is COc1cc(Br)cc(C)c1NCc1ccsc1. The second-order valence-corrected chi connectivity index (χ2v) is 5.48. The maximum atomic E-state index is 5.39. The fourth-order valence-corrected chi connectivity index (χ4v) is 2.90. The van der Waals surface area contributed by atoms with Crippen molar-refractivity contribution in [1.82, 2.24) is 0 Å². The highest BCUT2D eigenvalue weighted by molar-refractivity contribution is 9.10. The van der Waals surface area contributed by atoms with E-state index in [9.17, 15) is 0 Å². The lowest BCUT2D eigenvalue weighted by atomic mass is 10.2. The van der Waals surface area contributed by atoms with E-state index >= 15 is 0 Å². The Morgan fingerprint density at radius 3 is 2.88 bits per heavy atom. The lowest BCUT2D eigenvalue weighted by Crippen LogP contribution is -2.02. The second-order valence-electron chi connectivity index (χ2n) is 3.79. The van der Waals surface area contributed by atoms with E-state index in [4.69, 9.17) is 4.74 Å². The van der Waals surface area contributed by atoms with Crippen LogP contribution in [-0.2, 0) is 6.54 Å². The second kappa shape index (κ2) is 5.56. The third kappa shape index (κ3) is 3.01. The van der Waals surface area contributed by atoms with Crippen molar-refractivity contribution in [2.45, 2.75) is 13.5 Å². The Kier molecular flexibility index (Phi) is 4.07. The van der Waals surface area contributed by atoms with E-state index in [2.05, 4.69) is 51.1 Å². The molecule has 0 saturated heterocycles. The Balaban J connectivity index is 2.19. The van der Waals surface area contributed by atoms with Crippen LogP contribution in [0, 0.1) is 6.92 Å². The number of rotatable bonds is 4. The highest BCUT2D eigenvalue weighted by Gasteiger charge is 2.07. The van der Waals surface area contributed by atoms with Crippen LogP contribution in [-0.4, -0.2) is 7.11 Å². The molecule has 0 unspecified atom stereocenters. The Labute approximate surface area is 114 Å². The Morgan fingerprint density at radius 2 is 2.24 bits per heavy atom. The zero-order valence-electron chi connectivity index (χ0n) is 9.79. The lowest BCUT2D eigenvalue weighted by molar-refractivity contribution is 0.416. The third-order valence-electron chi connectivity index (χ3n) is 2.53. The normalized spacial score (nSPS) is 10.3. The average molecular weight is 312 g/mol. The molecule has 0 aliphatic heterocycles. The van der Waals surface area contributed by atoms with E-state index in [1.165, 1.54) is 11.1 Å². The van der Waals surface area contributed by atoms with Crippen LogP contribution < -0.4 is 10.1 Å². The first-order valence-corrected chi connectivity index (χ1v) is 7.03. The van der Waals surface area contributed by atoms with Crippen LogP contribution in [0.1, 0.15) is 11.1 Å². The monoisotopic (exact) mass is 311 g/mol. The van der Waals surface area contributed by atoms with Crippen LogP contribution in [0.3, 0.4) is 0 Å². The first-order valence-electron chi connectivity index (χ1n) is 5.30. The van der Waals surface area contributed by atoms with E-state index in [0.29, 0.717) is 0 Å². The average Bonchev–Trinajstić information content (AvgIpc) is 2.79. The van der Waals surface area contributed by atoms with Gasteiger partial charge in [0.15, 0.2) is 0 Å². The molecule has 1 heterocycles. The first kappa shape index (κ1) is 12.5. The summed E-state index contributed by atoms with van der Waals surface area (Å²) < 4.78 is 6.42. The van der Waals surface area contributed by atoms with Gasteiger partial charge in [0.1, 0.15) is 5.75 Å². The molecular formula is C13H14BrNOS. The largest absolute Gasteiger partial charge is 0.495 e. The van der Waals surface area contributed by atoms with Crippen molar-refractivity contribution in [3.8, 4) is 5.75 Å². The predicted molar refractivity (Wildman–Crippen MR) is 77.1 cm³/mol. The molecule has 1 aromatic heterocycles. The number of ether oxygens (including phenoxy) is 1. The fourth-order valence-electron chi connectivity index (χ4n) is 1.68. The summed E-state index contributed by atoms with van der Waals surface area (Å²) in [7, 11) is 1.69. The molecule has 2 nitrogen and oxygen atoms in total. The Morgan fingerprint density at radius 1 is 1.41 bits per heavy atom. The van der Waals surface area contributed by atoms with Gasteiger partial charge in [-0.2, -0.15) is 11.3 Å². The fraction of sp³-hybridized carbons (Fsp3) is 0.231. The van der Waals surface area contributed by atoms with Gasteiger partial charge in [0.2, 0.25) is 0 Å². The van der Waals surface area contributed by atoms with Gasteiger partial charge in [-0.3, -0.25) is 0 Å². The van der Waals surface area contributed by atoms with Crippen LogP contribution in [0.25, 0.3) is 0 Å². The van der Waals surface area contributed by atoms with E-state index in [1.807, 2.05) is 6.07 Å². The molecule has 1 N–H and O–H groups in total. The smallest absolute Gasteiger partial charge is 0.143 e. The number of halogens is 1. The zero-order chi connectivity index (χ0) is 12.3. The maximum absolute atomic E-state index is 5.39. The quantitative estimate of drug-likeness (QED) is 0.901. The highest BCUT2D eigenvalue weighted by atomic mass is 79.9. The molecule has 0 saturated carbocycles. The number of anilines is 1. The van der Waals surface area contributed by atoms with Crippen molar-refractivity contribution in [2.75, 3.05) is 12.4 Å². The number of nitrogens with one attached hydrogen (secondary N) is 1. The summed E-state index contributed by atoms with van der Waals surface area (Å²) in [5.74, 6) is 0.868. The molecule has 0 atom stereocenters. The van der Waals surface area contributed by atoms with Crippen LogP contribution in [0.15, 0.2) is 33.4 Å². The molecule has 0 radical (unpaired) electrons. The van der Waals surface area contributed by atoms with Crippen LogP contribution in [0.4, 0.5) is 5.69 Å². The molecule has 0 aliphatic rings. The van der Waals surface area contributed by atoms with Gasteiger partial charge in [-0.25, -0.2) is 0 Å². The van der Waals surface area contributed by atoms with Crippen molar-refractivity contribution in [3.63, 3.8) is 0 Å². The highest BCUT2D eigenvalue weighted by Crippen LogP contribution is 2.32. The molecule has 2 rings (SSSR count). The van der Waals surface area contributed by atoms with Gasteiger partial charge in [-0.15, -0.1) is 0 Å². The van der Waals surface area contributed by atoms with Crippen LogP contribution in [0.5, 0.6) is 5.75 Å². The number of hydrogen-bond acceptors (Lipinski definition) is 3. The summed E-state index contributed by atoms with van der Waals surface area (Å²) in [6, 6.07) is 6.18. The van der Waals surface area contributed by atoms with Gasteiger partial charge in [0.05, 0.1) is 12.8 Å². The number of methoxy groups -OCH3 is 1. The standard InChI is InChI=1S/C13H14BrNOS/c1-9-5-11(14)6-12(16-2)13(9)15-7-10-3-4-17-8-10/h3-6,8,15H,7H2,1-2H3. The maximum Gasteiger partial charge on any atom is 0.143 e. The molecule has 90 valence electrons. The molecule has 0 bridgehead atoms. The van der Waals surface area contributed by atoms with E-state index in [1.54, 1.807) is 18.4 Å². The molecule has 0 aliphatic carbocycles. The third-order valence-corrected chi connectivity index (χ3v) is 3.72. The minimum Gasteiger partial charge on any atom is -0.495 e. The molecule has 4 heteroatoms. The van der Waals surface area contributed by atoms with Crippen molar-refractivity contribution in [1.29, 1.82) is 0 Å². The minimum absolute atomic E-state index is 0.822. The summed E-state index contributed by atoms with van der Waals surface area (Å²) in [6.07, 6.45) is 0. The number of benzene rings is 1. The first-order chi connectivity index (χ1) is 8.20. The van der Waals surface area contributed by atoms with Crippen LogP contribution in [0.2, 0.25) is 0 Å². The molecule has 17 heavy (non-hydrogen) atoms. The molecular weight excluding hydrogens is 298 g/mol. The zero-order valence-corrected chi connectivity index (χ0v) is 12.2. The van der Waals surface area contributed by atoms with E-state index in [0.717, 1.165) is 22.5 Å². The minimum atomic E-state index is 0.822. The number of hydrogen-bond donors (Lipinski definition) is 1. The number of thiophene rings is 1. The summed E-state index contributed by atoms with van der Waals surface area (Å²) in [5.41, 5.74) is 3.52. The lowest BCUT2D eigenvalue weighted by Gasteiger charge is -2.14. The molecule has 0 amide bonds. The van der Waals surface area contributed by atoms with E-state index < -0.39 is 0 Å². The number of aryl methyl sites for hydroxylation is 1. The van der Waals surface area contributed by atoms with Gasteiger partial charge in [0, 0.05) is 11.0 Å². The molecule has 0 fully saturated rings. The van der Waals surface area contributed by atoms with Gasteiger partial charge in [-0.1, -0.05) is 15.9 Å². The predicted octanol–water partition coefficient (Wildman–Crippen LogP) is 4.44. The van der Waals surface area contributed by atoms with Gasteiger partial charge >= 0.3 is 0 Å². The molecule has 1 aromatic carbocycles. The summed E-state index contributed by atoms with van der Waals surface area (Å²) >= 11 is 5.18. The van der Waals surface area contributed by atoms with E-state index in [-0.39, 0.29) is 0 Å². The summed E-state index contributed by atoms with van der Waals surface area (Å²) in [6.45, 7) is 2.89. The topological polar surface area (TPSA) is 21.3 Å². The summed E-state index contributed by atoms with van der Waals surface area (Å²) in [5, 5.41) is 7.66. The van der Waals surface area contributed by atoms with Crippen molar-refractivity contribution in [2.24, 2.45) is 0 Å².